The average molecular weight is 284 g/mol. The second-order valence-corrected chi connectivity index (χ2v) is 5.52. The first-order valence-corrected chi connectivity index (χ1v) is 7.52. The van der Waals surface area contributed by atoms with Crippen LogP contribution < -0.4 is 10.1 Å². The summed E-state index contributed by atoms with van der Waals surface area (Å²) in [4.78, 5) is 4.58. The normalized spacial score (nSPS) is 10.7. The first kappa shape index (κ1) is 12.9. The van der Waals surface area contributed by atoms with E-state index in [9.17, 15) is 0 Å². The van der Waals surface area contributed by atoms with E-state index in [-0.39, 0.29) is 0 Å². The van der Waals surface area contributed by atoms with Crippen LogP contribution in [0.25, 0.3) is 10.2 Å². The van der Waals surface area contributed by atoms with Gasteiger partial charge in [0.1, 0.15) is 5.75 Å². The summed E-state index contributed by atoms with van der Waals surface area (Å²) in [6, 6.07) is 16.1. The van der Waals surface area contributed by atoms with Crippen LogP contribution in [0, 0.1) is 0 Å². The van der Waals surface area contributed by atoms with E-state index in [1.807, 2.05) is 42.5 Å². The van der Waals surface area contributed by atoms with Crippen LogP contribution in [0.2, 0.25) is 0 Å². The van der Waals surface area contributed by atoms with E-state index in [1.165, 1.54) is 0 Å². The van der Waals surface area contributed by atoms with E-state index >= 15 is 0 Å². The molecule has 0 saturated heterocycles. The van der Waals surface area contributed by atoms with Crippen LogP contribution >= 0.6 is 11.3 Å². The van der Waals surface area contributed by atoms with E-state index in [0.717, 1.165) is 39.8 Å². The molecule has 0 aliphatic heterocycles. The van der Waals surface area contributed by atoms with Gasteiger partial charge >= 0.3 is 0 Å². The fourth-order valence-electron chi connectivity index (χ4n) is 1.91. The third kappa shape index (κ3) is 2.91. The molecule has 0 bridgehead atoms. The molecule has 0 atom stereocenters. The summed E-state index contributed by atoms with van der Waals surface area (Å²) in [6.07, 6.45) is 1.02. The molecule has 0 aliphatic carbocycles. The van der Waals surface area contributed by atoms with Crippen molar-refractivity contribution in [1.29, 1.82) is 0 Å². The minimum atomic E-state index is 0.749. The molecule has 0 saturated carbocycles. The van der Waals surface area contributed by atoms with Crippen molar-refractivity contribution in [3.8, 4) is 5.75 Å². The molecule has 1 N–H and O–H groups in total. The van der Waals surface area contributed by atoms with Crippen molar-refractivity contribution in [2.24, 2.45) is 0 Å². The standard InChI is InChI=1S/C16H16N2OS/c1-2-10-19-13-8-9-14-15(11-13)20-16(18-14)17-12-6-4-3-5-7-12/h3-9,11H,2,10H2,1H3,(H,17,18). The van der Waals surface area contributed by atoms with E-state index in [4.69, 9.17) is 4.74 Å². The molecule has 102 valence electrons. The summed E-state index contributed by atoms with van der Waals surface area (Å²) < 4.78 is 6.79. The summed E-state index contributed by atoms with van der Waals surface area (Å²) in [6.45, 7) is 2.85. The molecule has 0 spiro atoms. The maximum absolute atomic E-state index is 5.65. The van der Waals surface area contributed by atoms with Gasteiger partial charge in [0.2, 0.25) is 0 Å². The molecular formula is C16H16N2OS. The quantitative estimate of drug-likeness (QED) is 0.728. The Kier molecular flexibility index (Phi) is 3.83. The van der Waals surface area contributed by atoms with Crippen LogP contribution in [0.4, 0.5) is 10.8 Å². The third-order valence-corrected chi connectivity index (χ3v) is 3.79. The van der Waals surface area contributed by atoms with Crippen molar-refractivity contribution in [3.63, 3.8) is 0 Å². The summed E-state index contributed by atoms with van der Waals surface area (Å²) in [5, 5.41) is 4.22. The highest BCUT2D eigenvalue weighted by Crippen LogP contribution is 2.30. The molecule has 1 aromatic heterocycles. The zero-order chi connectivity index (χ0) is 13.8. The first-order valence-electron chi connectivity index (χ1n) is 6.70. The highest BCUT2D eigenvalue weighted by molar-refractivity contribution is 7.22. The molecular weight excluding hydrogens is 268 g/mol. The molecule has 1 heterocycles. The number of nitrogens with zero attached hydrogens (tertiary/aromatic N) is 1. The van der Waals surface area contributed by atoms with Crippen LogP contribution in [-0.4, -0.2) is 11.6 Å². The molecule has 0 unspecified atom stereocenters. The van der Waals surface area contributed by atoms with Gasteiger partial charge < -0.3 is 10.1 Å². The van der Waals surface area contributed by atoms with Crippen molar-refractivity contribution in [2.75, 3.05) is 11.9 Å². The molecule has 0 amide bonds. The topological polar surface area (TPSA) is 34.1 Å². The summed E-state index contributed by atoms with van der Waals surface area (Å²) in [7, 11) is 0. The third-order valence-electron chi connectivity index (χ3n) is 2.86. The Morgan fingerprint density at radius 3 is 2.80 bits per heavy atom. The Morgan fingerprint density at radius 2 is 2.00 bits per heavy atom. The van der Waals surface area contributed by atoms with Gasteiger partial charge in [0.15, 0.2) is 5.13 Å². The largest absolute Gasteiger partial charge is 0.494 e. The van der Waals surface area contributed by atoms with E-state index in [2.05, 4.69) is 23.3 Å². The summed E-state index contributed by atoms with van der Waals surface area (Å²) in [5.41, 5.74) is 2.05. The van der Waals surface area contributed by atoms with Crippen LogP contribution in [0.5, 0.6) is 5.75 Å². The Labute approximate surface area is 122 Å². The van der Waals surface area contributed by atoms with Crippen molar-refractivity contribution in [2.45, 2.75) is 13.3 Å². The lowest BCUT2D eigenvalue weighted by Crippen LogP contribution is -1.93. The highest BCUT2D eigenvalue weighted by Gasteiger charge is 2.05. The molecule has 3 nitrogen and oxygen atoms in total. The SMILES string of the molecule is CCCOc1ccc2nc(Nc3ccccc3)sc2c1. The van der Waals surface area contributed by atoms with Crippen molar-refractivity contribution in [3.05, 3.63) is 48.5 Å². The molecule has 20 heavy (non-hydrogen) atoms. The number of nitrogens with one attached hydrogen (secondary N) is 1. The van der Waals surface area contributed by atoms with E-state index < -0.39 is 0 Å². The molecule has 2 aromatic carbocycles. The van der Waals surface area contributed by atoms with Gasteiger partial charge in [-0.3, -0.25) is 0 Å². The second kappa shape index (κ2) is 5.92. The van der Waals surface area contributed by atoms with E-state index in [1.54, 1.807) is 11.3 Å². The fraction of sp³-hybridized carbons (Fsp3) is 0.188. The predicted octanol–water partition coefficient (Wildman–Crippen LogP) is 4.83. The molecule has 3 aromatic rings. The second-order valence-electron chi connectivity index (χ2n) is 4.49. The summed E-state index contributed by atoms with van der Waals surface area (Å²) >= 11 is 1.64. The average Bonchev–Trinajstić information content (AvgIpc) is 2.87. The van der Waals surface area contributed by atoms with Gasteiger partial charge in [-0.15, -0.1) is 0 Å². The zero-order valence-corrected chi connectivity index (χ0v) is 12.1. The van der Waals surface area contributed by atoms with Gasteiger partial charge in [0, 0.05) is 5.69 Å². The number of ether oxygens (including phenoxy) is 1. The number of anilines is 2. The van der Waals surface area contributed by atoms with Crippen molar-refractivity contribution >= 4 is 32.4 Å². The number of hydrogen-bond donors (Lipinski definition) is 1. The van der Waals surface area contributed by atoms with Crippen LogP contribution in [0.15, 0.2) is 48.5 Å². The molecule has 0 radical (unpaired) electrons. The van der Waals surface area contributed by atoms with E-state index in [0.29, 0.717) is 0 Å². The molecule has 4 heteroatoms. The lowest BCUT2D eigenvalue weighted by atomic mass is 10.3. The lowest BCUT2D eigenvalue weighted by Gasteiger charge is -2.02. The maximum Gasteiger partial charge on any atom is 0.188 e. The summed E-state index contributed by atoms with van der Waals surface area (Å²) in [5.74, 6) is 0.911. The molecule has 0 aliphatic rings. The Bertz CT molecular complexity index is 694. The van der Waals surface area contributed by atoms with Crippen LogP contribution in [0.3, 0.4) is 0 Å². The number of aromatic nitrogens is 1. The Balaban J connectivity index is 1.83. The number of para-hydroxylation sites is 1. The molecule has 3 rings (SSSR count). The van der Waals surface area contributed by atoms with Gasteiger partial charge in [-0.05, 0) is 36.8 Å². The molecule has 0 fully saturated rings. The monoisotopic (exact) mass is 284 g/mol. The first-order chi connectivity index (χ1) is 9.85. The van der Waals surface area contributed by atoms with Crippen molar-refractivity contribution in [1.82, 2.24) is 4.98 Å². The van der Waals surface area contributed by atoms with Gasteiger partial charge in [0.25, 0.3) is 0 Å². The van der Waals surface area contributed by atoms with Crippen molar-refractivity contribution < 1.29 is 4.74 Å². The van der Waals surface area contributed by atoms with Gasteiger partial charge in [-0.25, -0.2) is 4.98 Å². The number of hydrogen-bond acceptors (Lipinski definition) is 4. The smallest absolute Gasteiger partial charge is 0.188 e. The van der Waals surface area contributed by atoms with Gasteiger partial charge in [-0.1, -0.05) is 36.5 Å². The van der Waals surface area contributed by atoms with Gasteiger partial charge in [-0.2, -0.15) is 0 Å². The Hall–Kier alpha value is -2.07. The number of rotatable bonds is 5. The van der Waals surface area contributed by atoms with Gasteiger partial charge in [0.05, 0.1) is 16.8 Å². The van der Waals surface area contributed by atoms with Crippen LogP contribution in [-0.2, 0) is 0 Å². The minimum absolute atomic E-state index is 0.749. The fourth-order valence-corrected chi connectivity index (χ4v) is 2.83. The Morgan fingerprint density at radius 1 is 1.15 bits per heavy atom. The minimum Gasteiger partial charge on any atom is -0.494 e. The lowest BCUT2D eigenvalue weighted by molar-refractivity contribution is 0.318. The maximum atomic E-state index is 5.65. The zero-order valence-electron chi connectivity index (χ0n) is 11.3. The number of benzene rings is 2. The van der Waals surface area contributed by atoms with Crippen LogP contribution in [0.1, 0.15) is 13.3 Å². The highest BCUT2D eigenvalue weighted by atomic mass is 32.1. The number of thiazole rings is 1. The number of fused-ring (bicyclic) bond motifs is 1. The predicted molar refractivity (Wildman–Crippen MR) is 85.1 cm³/mol.